The predicted octanol–water partition coefficient (Wildman–Crippen LogP) is -1.12. The Morgan fingerprint density at radius 2 is 2.08 bits per heavy atom. The van der Waals surface area contributed by atoms with Gasteiger partial charge in [-0.2, -0.15) is 8.42 Å². The van der Waals surface area contributed by atoms with Gasteiger partial charge >= 0.3 is 0 Å². The SMILES string of the molecule is C=CC(=O)NC(C(C)O)S(=O)(=O)O. The molecule has 0 aromatic heterocycles. The molecule has 7 heteroatoms. The molecule has 0 saturated carbocycles. The van der Waals surface area contributed by atoms with E-state index in [1.807, 2.05) is 5.32 Å². The minimum atomic E-state index is -4.50. The summed E-state index contributed by atoms with van der Waals surface area (Å²) in [6.45, 7) is 4.21. The van der Waals surface area contributed by atoms with E-state index < -0.39 is 27.5 Å². The molecule has 0 aromatic rings. The van der Waals surface area contributed by atoms with E-state index in [1.165, 1.54) is 0 Å². The molecule has 3 N–H and O–H groups in total. The van der Waals surface area contributed by atoms with Gasteiger partial charge in [-0.05, 0) is 13.0 Å². The maximum atomic E-state index is 10.7. The number of carbonyl (C=O) groups excluding carboxylic acids is 1. The predicted molar refractivity (Wildman–Crippen MR) is 45.4 cm³/mol. The number of nitrogens with one attached hydrogen (secondary N) is 1. The Kier molecular flexibility index (Phi) is 4.05. The van der Waals surface area contributed by atoms with Gasteiger partial charge in [0, 0.05) is 0 Å². The Morgan fingerprint density at radius 3 is 2.31 bits per heavy atom. The van der Waals surface area contributed by atoms with Gasteiger partial charge in [0.1, 0.15) is 0 Å². The van der Waals surface area contributed by atoms with Crippen LogP contribution in [0.5, 0.6) is 0 Å². The van der Waals surface area contributed by atoms with Gasteiger partial charge in [0.2, 0.25) is 5.91 Å². The van der Waals surface area contributed by atoms with Crippen LogP contribution in [0.3, 0.4) is 0 Å². The van der Waals surface area contributed by atoms with Crippen LogP contribution in [0.25, 0.3) is 0 Å². The first-order chi connectivity index (χ1) is 5.79. The maximum absolute atomic E-state index is 10.7. The quantitative estimate of drug-likeness (QED) is 0.402. The first kappa shape index (κ1) is 12.1. The van der Waals surface area contributed by atoms with Crippen molar-refractivity contribution in [1.29, 1.82) is 0 Å². The lowest BCUT2D eigenvalue weighted by molar-refractivity contribution is -0.117. The Hall–Kier alpha value is -0.920. The minimum absolute atomic E-state index is 0.788. The average molecular weight is 209 g/mol. The van der Waals surface area contributed by atoms with Crippen molar-refractivity contribution < 1.29 is 22.9 Å². The lowest BCUT2D eigenvalue weighted by atomic mass is 10.4. The van der Waals surface area contributed by atoms with E-state index >= 15 is 0 Å². The van der Waals surface area contributed by atoms with Gasteiger partial charge in [0.25, 0.3) is 10.1 Å². The van der Waals surface area contributed by atoms with Gasteiger partial charge in [-0.25, -0.2) is 0 Å². The van der Waals surface area contributed by atoms with Crippen LogP contribution < -0.4 is 5.32 Å². The number of hydrogen-bond donors (Lipinski definition) is 3. The summed E-state index contributed by atoms with van der Waals surface area (Å²) < 4.78 is 29.7. The third-order valence-corrected chi connectivity index (χ3v) is 2.38. The highest BCUT2D eigenvalue weighted by Crippen LogP contribution is 2.00. The number of hydrogen-bond acceptors (Lipinski definition) is 4. The first-order valence-electron chi connectivity index (χ1n) is 3.36. The van der Waals surface area contributed by atoms with Gasteiger partial charge < -0.3 is 10.4 Å². The second-order valence-corrected chi connectivity index (χ2v) is 3.93. The van der Waals surface area contributed by atoms with Crippen molar-refractivity contribution in [3.63, 3.8) is 0 Å². The number of rotatable bonds is 4. The standard InChI is InChI=1S/C6H11NO5S/c1-3-5(9)7-6(4(2)8)13(10,11)12/h3-4,6,8H,1H2,2H3,(H,7,9)(H,10,11,12). The van der Waals surface area contributed by atoms with E-state index in [2.05, 4.69) is 6.58 Å². The molecule has 1 amide bonds. The maximum Gasteiger partial charge on any atom is 0.288 e. The van der Waals surface area contributed by atoms with Crippen LogP contribution in [-0.4, -0.2) is 35.5 Å². The molecule has 0 bridgehead atoms. The zero-order chi connectivity index (χ0) is 10.6. The van der Waals surface area contributed by atoms with Crippen LogP contribution in [0.4, 0.5) is 0 Å². The molecule has 0 rings (SSSR count). The minimum Gasteiger partial charge on any atom is -0.390 e. The topological polar surface area (TPSA) is 104 Å². The zero-order valence-corrected chi connectivity index (χ0v) is 7.78. The highest BCUT2D eigenvalue weighted by molar-refractivity contribution is 7.86. The van der Waals surface area contributed by atoms with Crippen LogP contribution >= 0.6 is 0 Å². The van der Waals surface area contributed by atoms with Crippen LogP contribution in [0.1, 0.15) is 6.92 Å². The molecule has 0 saturated heterocycles. The summed E-state index contributed by atoms with van der Waals surface area (Å²) in [7, 11) is -4.50. The molecule has 0 aliphatic carbocycles. The van der Waals surface area contributed by atoms with Crippen molar-refractivity contribution in [2.75, 3.05) is 0 Å². The molecule has 0 heterocycles. The molecule has 0 aliphatic rings. The summed E-state index contributed by atoms with van der Waals surface area (Å²) in [6.07, 6.45) is -0.570. The highest BCUT2D eigenvalue weighted by Gasteiger charge is 2.28. The van der Waals surface area contributed by atoms with Crippen molar-refractivity contribution >= 4 is 16.0 Å². The molecule has 0 fully saturated rings. The van der Waals surface area contributed by atoms with Crippen molar-refractivity contribution in [2.24, 2.45) is 0 Å². The Bertz CT molecular complexity index is 294. The van der Waals surface area contributed by atoms with E-state index in [4.69, 9.17) is 9.66 Å². The zero-order valence-electron chi connectivity index (χ0n) is 6.97. The van der Waals surface area contributed by atoms with Gasteiger partial charge in [0.05, 0.1) is 6.10 Å². The summed E-state index contributed by atoms with van der Waals surface area (Å²) in [5.74, 6) is -0.788. The molecule has 2 atom stereocenters. The van der Waals surface area contributed by atoms with E-state index in [-0.39, 0.29) is 0 Å². The van der Waals surface area contributed by atoms with Gasteiger partial charge in [-0.3, -0.25) is 9.35 Å². The summed E-state index contributed by atoms with van der Waals surface area (Å²) in [4.78, 5) is 10.7. The van der Waals surface area contributed by atoms with E-state index in [0.29, 0.717) is 0 Å². The molecule has 0 aliphatic heterocycles. The second-order valence-electron chi connectivity index (χ2n) is 2.39. The molecule has 0 radical (unpaired) electrons. The van der Waals surface area contributed by atoms with Crippen LogP contribution in [-0.2, 0) is 14.9 Å². The van der Waals surface area contributed by atoms with Crippen molar-refractivity contribution in [1.82, 2.24) is 5.32 Å². The summed E-state index contributed by atoms with van der Waals surface area (Å²) in [5, 5.41) is 9.04. The Morgan fingerprint density at radius 1 is 1.62 bits per heavy atom. The van der Waals surface area contributed by atoms with Gasteiger partial charge in [0.15, 0.2) is 5.37 Å². The Balaban J connectivity index is 4.65. The van der Waals surface area contributed by atoms with E-state index in [9.17, 15) is 13.2 Å². The normalized spacial score (nSPS) is 15.9. The first-order valence-corrected chi connectivity index (χ1v) is 4.86. The molecule has 0 spiro atoms. The van der Waals surface area contributed by atoms with Gasteiger partial charge in [-0.1, -0.05) is 6.58 Å². The van der Waals surface area contributed by atoms with E-state index in [0.717, 1.165) is 13.0 Å². The third-order valence-electron chi connectivity index (χ3n) is 1.23. The van der Waals surface area contributed by atoms with Crippen molar-refractivity contribution in [3.05, 3.63) is 12.7 Å². The third kappa shape index (κ3) is 4.02. The average Bonchev–Trinajstić information content (AvgIpc) is 1.96. The number of carbonyl (C=O) groups is 1. The molecule has 2 unspecified atom stereocenters. The largest absolute Gasteiger partial charge is 0.390 e. The Labute approximate surface area is 76.0 Å². The fourth-order valence-electron chi connectivity index (χ4n) is 0.643. The summed E-state index contributed by atoms with van der Waals surface area (Å²) >= 11 is 0. The fourth-order valence-corrected chi connectivity index (χ4v) is 1.41. The molecular weight excluding hydrogens is 198 g/mol. The molecule has 6 nitrogen and oxygen atoms in total. The molecular formula is C6H11NO5S. The fraction of sp³-hybridized carbons (Fsp3) is 0.500. The second kappa shape index (κ2) is 4.35. The van der Waals surface area contributed by atoms with Crippen LogP contribution in [0, 0.1) is 0 Å². The lowest BCUT2D eigenvalue weighted by Crippen LogP contribution is -2.46. The summed E-state index contributed by atoms with van der Waals surface area (Å²) in [5.41, 5.74) is 0. The van der Waals surface area contributed by atoms with Gasteiger partial charge in [-0.15, -0.1) is 0 Å². The van der Waals surface area contributed by atoms with E-state index in [1.54, 1.807) is 0 Å². The smallest absolute Gasteiger partial charge is 0.288 e. The molecule has 0 aromatic carbocycles. The number of aliphatic hydroxyl groups is 1. The highest BCUT2D eigenvalue weighted by atomic mass is 32.2. The van der Waals surface area contributed by atoms with Crippen molar-refractivity contribution in [2.45, 2.75) is 18.4 Å². The van der Waals surface area contributed by atoms with Crippen molar-refractivity contribution in [3.8, 4) is 0 Å². The molecule has 13 heavy (non-hydrogen) atoms. The number of aliphatic hydroxyl groups excluding tert-OH is 1. The summed E-state index contributed by atoms with van der Waals surface area (Å²) in [6, 6.07) is 0. The monoisotopic (exact) mass is 209 g/mol. The van der Waals surface area contributed by atoms with Crippen LogP contribution in [0.2, 0.25) is 0 Å². The number of amides is 1. The van der Waals surface area contributed by atoms with Crippen LogP contribution in [0.15, 0.2) is 12.7 Å². The lowest BCUT2D eigenvalue weighted by Gasteiger charge is -2.16. The molecule has 76 valence electrons.